The molecule has 1 saturated heterocycles. The molecule has 0 amide bonds. The zero-order chi connectivity index (χ0) is 16.6. The highest BCUT2D eigenvalue weighted by molar-refractivity contribution is 7.98. The second-order valence-corrected chi connectivity index (χ2v) is 6.36. The summed E-state index contributed by atoms with van der Waals surface area (Å²) in [5, 5.41) is 10.4. The van der Waals surface area contributed by atoms with Crippen molar-refractivity contribution < 1.29 is 14.2 Å². The molecular weight excluding hydrogens is 343 g/mol. The first-order valence-corrected chi connectivity index (χ1v) is 8.73. The first-order valence-electron chi connectivity index (χ1n) is 7.13. The maximum Gasteiger partial charge on any atom is 0.228 e. The van der Waals surface area contributed by atoms with Crippen LogP contribution in [0, 0.1) is 5.82 Å². The highest BCUT2D eigenvalue weighted by Gasteiger charge is 2.26. The van der Waals surface area contributed by atoms with Crippen LogP contribution in [-0.4, -0.2) is 52.6 Å². The van der Waals surface area contributed by atoms with Gasteiger partial charge in [0.25, 0.3) is 0 Å². The lowest BCUT2D eigenvalue weighted by molar-refractivity contribution is 0.154. The predicted molar refractivity (Wildman–Crippen MR) is 88.1 cm³/mol. The van der Waals surface area contributed by atoms with E-state index in [1.807, 2.05) is 11.2 Å². The fraction of sp³-hybridized carbons (Fsp3) is 0.500. The van der Waals surface area contributed by atoms with Crippen LogP contribution in [0.2, 0.25) is 5.15 Å². The molecule has 0 unspecified atom stereocenters. The molecule has 0 radical (unpaired) electrons. The number of rotatable bonds is 3. The van der Waals surface area contributed by atoms with E-state index in [4.69, 9.17) is 16.3 Å². The Bertz CT molecular complexity index is 749. The Kier molecular flexibility index (Phi) is 4.74. The third kappa shape index (κ3) is 3.02. The Hall–Kier alpha value is -1.38. The third-order valence-electron chi connectivity index (χ3n) is 3.74. The molecule has 1 atom stereocenters. The lowest BCUT2D eigenvalue weighted by Crippen LogP contribution is -2.39. The largest absolute Gasteiger partial charge is 0.480 e. The number of aliphatic hydroxyl groups excluding tert-OH is 1. The maximum absolute atomic E-state index is 14.4. The van der Waals surface area contributed by atoms with Crippen molar-refractivity contribution in [2.24, 2.45) is 0 Å². The van der Waals surface area contributed by atoms with Crippen molar-refractivity contribution in [1.29, 1.82) is 0 Å². The molecule has 0 aromatic carbocycles. The number of halogens is 2. The van der Waals surface area contributed by atoms with Gasteiger partial charge in [-0.25, -0.2) is 14.4 Å². The van der Waals surface area contributed by atoms with E-state index in [1.165, 1.54) is 18.9 Å². The van der Waals surface area contributed by atoms with Crippen LogP contribution in [0.5, 0.6) is 5.88 Å². The average molecular weight is 359 g/mol. The summed E-state index contributed by atoms with van der Waals surface area (Å²) in [5.41, 5.74) is 0.0799. The standard InChI is InChI=1S/C14H16ClFN4O2S/c1-22-13-8-10(9(16)11(15)18-13)17-14(23-2)19-12(8)20-5-3-4-7(21)6-20/h7,21H,3-6H2,1-2H3/t7-/m1/s1. The van der Waals surface area contributed by atoms with Crippen LogP contribution < -0.4 is 9.64 Å². The molecule has 1 aliphatic rings. The van der Waals surface area contributed by atoms with E-state index in [1.54, 1.807) is 0 Å². The molecule has 9 heteroatoms. The van der Waals surface area contributed by atoms with E-state index in [0.29, 0.717) is 29.5 Å². The smallest absolute Gasteiger partial charge is 0.228 e. The van der Waals surface area contributed by atoms with Crippen molar-refractivity contribution >= 4 is 40.1 Å². The molecule has 2 aromatic heterocycles. The molecule has 1 aliphatic heterocycles. The van der Waals surface area contributed by atoms with Gasteiger partial charge in [-0.3, -0.25) is 0 Å². The van der Waals surface area contributed by atoms with E-state index >= 15 is 0 Å². The number of aromatic nitrogens is 3. The van der Waals surface area contributed by atoms with Crippen molar-refractivity contribution in [1.82, 2.24) is 15.0 Å². The number of thioether (sulfide) groups is 1. The van der Waals surface area contributed by atoms with Crippen molar-refractivity contribution in [3.63, 3.8) is 0 Å². The van der Waals surface area contributed by atoms with Crippen LogP contribution in [0.3, 0.4) is 0 Å². The van der Waals surface area contributed by atoms with Crippen LogP contribution in [0.15, 0.2) is 5.16 Å². The second kappa shape index (κ2) is 6.62. The number of aliphatic hydroxyl groups is 1. The Morgan fingerprint density at radius 1 is 1.39 bits per heavy atom. The van der Waals surface area contributed by atoms with Gasteiger partial charge in [0.1, 0.15) is 16.7 Å². The number of β-amino-alcohol motifs (C(OH)–C–C–N with tert-alkyl or cyclic N) is 1. The number of pyridine rings is 1. The van der Waals surface area contributed by atoms with Gasteiger partial charge in [-0.15, -0.1) is 0 Å². The van der Waals surface area contributed by atoms with Gasteiger partial charge >= 0.3 is 0 Å². The van der Waals surface area contributed by atoms with Crippen molar-refractivity contribution in [3.05, 3.63) is 11.0 Å². The Balaban J connectivity index is 2.28. The number of hydrogen-bond donors (Lipinski definition) is 1. The van der Waals surface area contributed by atoms with Gasteiger partial charge in [0.2, 0.25) is 5.88 Å². The van der Waals surface area contributed by atoms with Gasteiger partial charge < -0.3 is 14.7 Å². The average Bonchev–Trinajstić information content (AvgIpc) is 2.57. The summed E-state index contributed by atoms with van der Waals surface area (Å²) in [7, 11) is 1.44. The summed E-state index contributed by atoms with van der Waals surface area (Å²) in [6.07, 6.45) is 2.94. The summed E-state index contributed by atoms with van der Waals surface area (Å²) in [4.78, 5) is 14.6. The molecule has 0 saturated carbocycles. The monoisotopic (exact) mass is 358 g/mol. The fourth-order valence-electron chi connectivity index (χ4n) is 2.69. The number of hydrogen-bond acceptors (Lipinski definition) is 7. The van der Waals surface area contributed by atoms with Gasteiger partial charge in [0.05, 0.1) is 13.2 Å². The first kappa shape index (κ1) is 16.5. The van der Waals surface area contributed by atoms with Crippen LogP contribution >= 0.6 is 23.4 Å². The Morgan fingerprint density at radius 2 is 2.17 bits per heavy atom. The quantitative estimate of drug-likeness (QED) is 0.513. The third-order valence-corrected chi connectivity index (χ3v) is 4.54. The molecule has 23 heavy (non-hydrogen) atoms. The maximum atomic E-state index is 14.4. The molecule has 6 nitrogen and oxygen atoms in total. The summed E-state index contributed by atoms with van der Waals surface area (Å²) < 4.78 is 19.7. The van der Waals surface area contributed by atoms with E-state index in [9.17, 15) is 9.50 Å². The lowest BCUT2D eigenvalue weighted by atomic mass is 10.1. The molecule has 124 valence electrons. The Morgan fingerprint density at radius 3 is 2.83 bits per heavy atom. The molecule has 0 spiro atoms. The van der Waals surface area contributed by atoms with Gasteiger partial charge in [0, 0.05) is 13.1 Å². The Labute approximate surface area is 142 Å². The molecule has 3 heterocycles. The minimum absolute atomic E-state index is 0.0799. The van der Waals surface area contributed by atoms with Crippen LogP contribution in [-0.2, 0) is 0 Å². The van der Waals surface area contributed by atoms with E-state index in [2.05, 4.69) is 15.0 Å². The number of ether oxygens (including phenoxy) is 1. The highest BCUT2D eigenvalue weighted by Crippen LogP contribution is 2.37. The number of anilines is 1. The van der Waals surface area contributed by atoms with Crippen molar-refractivity contribution in [2.75, 3.05) is 31.4 Å². The molecule has 0 bridgehead atoms. The van der Waals surface area contributed by atoms with Crippen molar-refractivity contribution in [3.8, 4) is 5.88 Å². The summed E-state index contributed by atoms with van der Waals surface area (Å²) >= 11 is 7.15. The van der Waals surface area contributed by atoms with Gasteiger partial charge in [0.15, 0.2) is 16.1 Å². The highest BCUT2D eigenvalue weighted by atomic mass is 35.5. The zero-order valence-corrected chi connectivity index (χ0v) is 14.3. The van der Waals surface area contributed by atoms with Crippen LogP contribution in [0.25, 0.3) is 10.9 Å². The predicted octanol–water partition coefficient (Wildman–Crippen LogP) is 2.51. The fourth-order valence-corrected chi connectivity index (χ4v) is 3.22. The zero-order valence-electron chi connectivity index (χ0n) is 12.7. The molecule has 2 aromatic rings. The van der Waals surface area contributed by atoms with Crippen molar-refractivity contribution in [2.45, 2.75) is 24.1 Å². The molecule has 1 fully saturated rings. The molecular formula is C14H16ClFN4O2S. The number of nitrogens with zero attached hydrogens (tertiary/aromatic N) is 4. The molecule has 0 aliphatic carbocycles. The number of methoxy groups -OCH3 is 1. The minimum Gasteiger partial charge on any atom is -0.480 e. The first-order chi connectivity index (χ1) is 11.0. The normalized spacial score (nSPS) is 18.5. The number of piperidine rings is 1. The van der Waals surface area contributed by atoms with E-state index in [0.717, 1.165) is 12.8 Å². The number of fused-ring (bicyclic) bond motifs is 1. The van der Waals surface area contributed by atoms with E-state index in [-0.39, 0.29) is 16.5 Å². The molecule has 1 N–H and O–H groups in total. The van der Waals surface area contributed by atoms with Crippen LogP contribution in [0.4, 0.5) is 10.2 Å². The topological polar surface area (TPSA) is 71.4 Å². The summed E-state index contributed by atoms with van der Waals surface area (Å²) in [6, 6.07) is 0. The van der Waals surface area contributed by atoms with Gasteiger partial charge in [-0.2, -0.15) is 4.98 Å². The summed E-state index contributed by atoms with van der Waals surface area (Å²) in [5.74, 6) is -0.00823. The SMILES string of the molecule is COc1nc(Cl)c(F)c2nc(SC)nc(N3CCC[C@@H](O)C3)c12. The van der Waals surface area contributed by atoms with Crippen LogP contribution in [0.1, 0.15) is 12.8 Å². The minimum atomic E-state index is -0.695. The molecule has 3 rings (SSSR count). The summed E-state index contributed by atoms with van der Waals surface area (Å²) in [6.45, 7) is 1.14. The lowest BCUT2D eigenvalue weighted by Gasteiger charge is -2.32. The second-order valence-electron chi connectivity index (χ2n) is 5.23. The van der Waals surface area contributed by atoms with E-state index < -0.39 is 11.9 Å². The van der Waals surface area contributed by atoms with Gasteiger partial charge in [-0.1, -0.05) is 23.4 Å². The van der Waals surface area contributed by atoms with Gasteiger partial charge in [-0.05, 0) is 19.1 Å².